The van der Waals surface area contributed by atoms with E-state index < -0.39 is 0 Å². The Kier molecular flexibility index (Phi) is 2.49. The van der Waals surface area contributed by atoms with E-state index in [1.807, 2.05) is 6.07 Å². The maximum Gasteiger partial charge on any atom is 0.0409 e. The van der Waals surface area contributed by atoms with E-state index in [1.165, 1.54) is 43.2 Å². The van der Waals surface area contributed by atoms with E-state index in [0.717, 1.165) is 5.02 Å². The minimum absolute atomic E-state index is 0.480. The van der Waals surface area contributed by atoms with Crippen molar-refractivity contribution in [3.63, 3.8) is 0 Å². The van der Waals surface area contributed by atoms with Crippen LogP contribution >= 0.6 is 11.6 Å². The first-order chi connectivity index (χ1) is 7.75. The molecule has 1 spiro atoms. The van der Waals surface area contributed by atoms with Crippen molar-refractivity contribution in [1.29, 1.82) is 0 Å². The molecule has 0 saturated heterocycles. The Morgan fingerprint density at radius 2 is 2.12 bits per heavy atom. The van der Waals surface area contributed by atoms with Crippen molar-refractivity contribution in [3.8, 4) is 0 Å². The highest BCUT2D eigenvalue weighted by Gasteiger charge is 2.43. The van der Waals surface area contributed by atoms with Gasteiger partial charge in [-0.15, -0.1) is 0 Å². The van der Waals surface area contributed by atoms with Crippen LogP contribution in [-0.2, 0) is 5.41 Å². The summed E-state index contributed by atoms with van der Waals surface area (Å²) in [5.41, 5.74) is 3.49. The molecule has 3 rings (SSSR count). The lowest BCUT2D eigenvalue weighted by molar-refractivity contribution is 0.194. The number of benzene rings is 1. The number of nitrogens with one attached hydrogen (secondary N) is 1. The van der Waals surface area contributed by atoms with Crippen molar-refractivity contribution < 1.29 is 0 Å². The molecule has 86 valence electrons. The van der Waals surface area contributed by atoms with Crippen LogP contribution in [-0.4, -0.2) is 7.05 Å². The van der Waals surface area contributed by atoms with Gasteiger partial charge in [0.25, 0.3) is 0 Å². The second-order valence-electron chi connectivity index (χ2n) is 5.25. The lowest BCUT2D eigenvalue weighted by Crippen LogP contribution is -2.40. The molecule has 2 aliphatic rings. The fraction of sp³-hybridized carbons (Fsp3) is 0.571. The maximum atomic E-state index is 6.16. The highest BCUT2D eigenvalue weighted by molar-refractivity contribution is 6.30. The molecule has 16 heavy (non-hydrogen) atoms. The molecule has 2 aliphatic carbocycles. The van der Waals surface area contributed by atoms with Crippen LogP contribution in [0.15, 0.2) is 18.2 Å². The zero-order valence-electron chi connectivity index (χ0n) is 9.72. The van der Waals surface area contributed by atoms with E-state index in [-0.39, 0.29) is 0 Å². The van der Waals surface area contributed by atoms with Gasteiger partial charge in [0.05, 0.1) is 0 Å². The van der Waals surface area contributed by atoms with Crippen LogP contribution in [0, 0.1) is 0 Å². The van der Waals surface area contributed by atoms with Gasteiger partial charge < -0.3 is 5.32 Å². The van der Waals surface area contributed by atoms with E-state index in [2.05, 4.69) is 24.5 Å². The van der Waals surface area contributed by atoms with Gasteiger partial charge in [-0.05, 0) is 61.4 Å². The number of hydrogen-bond donors (Lipinski definition) is 1. The molecular formula is C14H18ClN. The molecule has 1 N–H and O–H groups in total. The highest BCUT2D eigenvalue weighted by atomic mass is 35.5. The van der Waals surface area contributed by atoms with Gasteiger partial charge in [0, 0.05) is 11.1 Å². The fourth-order valence-corrected chi connectivity index (χ4v) is 3.60. The average Bonchev–Trinajstić information content (AvgIpc) is 2.25. The van der Waals surface area contributed by atoms with Gasteiger partial charge in [-0.1, -0.05) is 24.1 Å². The van der Waals surface area contributed by atoms with Crippen molar-refractivity contribution >= 4 is 11.6 Å². The van der Waals surface area contributed by atoms with E-state index in [4.69, 9.17) is 11.6 Å². The molecule has 1 nitrogen and oxygen atoms in total. The molecule has 1 aromatic rings. The molecule has 1 unspecified atom stereocenters. The Morgan fingerprint density at radius 1 is 1.31 bits per heavy atom. The zero-order chi connectivity index (χ0) is 11.2. The number of rotatable bonds is 1. The van der Waals surface area contributed by atoms with Crippen molar-refractivity contribution in [2.45, 2.75) is 43.6 Å². The van der Waals surface area contributed by atoms with Gasteiger partial charge in [-0.25, -0.2) is 0 Å². The van der Waals surface area contributed by atoms with Gasteiger partial charge in [0.1, 0.15) is 0 Å². The first kappa shape index (κ1) is 10.6. The third kappa shape index (κ3) is 1.42. The Hall–Kier alpha value is -0.530. The van der Waals surface area contributed by atoms with Gasteiger partial charge in [-0.2, -0.15) is 0 Å². The Labute approximate surface area is 102 Å². The van der Waals surface area contributed by atoms with Crippen LogP contribution in [0.2, 0.25) is 5.02 Å². The molecule has 1 atom stereocenters. The lowest BCUT2D eigenvalue weighted by atomic mass is 9.57. The normalized spacial score (nSPS) is 26.2. The first-order valence-electron chi connectivity index (χ1n) is 6.22. The van der Waals surface area contributed by atoms with Crippen molar-refractivity contribution in [2.75, 3.05) is 7.05 Å². The van der Waals surface area contributed by atoms with Gasteiger partial charge in [-0.3, -0.25) is 0 Å². The molecule has 0 radical (unpaired) electrons. The van der Waals surface area contributed by atoms with Crippen molar-refractivity contribution in [3.05, 3.63) is 34.3 Å². The maximum absolute atomic E-state index is 6.16. The standard InChI is InChI=1S/C14H18ClN/c1-16-13-5-8-14(6-2-7-14)12-9-10(15)3-4-11(12)13/h3-4,9,13,16H,2,5-8H2,1H3. The summed E-state index contributed by atoms with van der Waals surface area (Å²) in [5, 5.41) is 4.31. The monoisotopic (exact) mass is 235 g/mol. The first-order valence-corrected chi connectivity index (χ1v) is 6.60. The van der Waals surface area contributed by atoms with Crippen molar-refractivity contribution in [1.82, 2.24) is 5.32 Å². The van der Waals surface area contributed by atoms with Gasteiger partial charge >= 0.3 is 0 Å². The number of fused-ring (bicyclic) bond motifs is 2. The summed E-state index contributed by atoms with van der Waals surface area (Å²) in [7, 11) is 2.06. The molecule has 0 amide bonds. The lowest BCUT2D eigenvalue weighted by Gasteiger charge is -2.48. The smallest absolute Gasteiger partial charge is 0.0409 e. The highest BCUT2D eigenvalue weighted by Crippen LogP contribution is 2.53. The topological polar surface area (TPSA) is 12.0 Å². The third-order valence-electron chi connectivity index (χ3n) is 4.53. The van der Waals surface area contributed by atoms with E-state index in [9.17, 15) is 0 Å². The Bertz CT molecular complexity index is 409. The van der Waals surface area contributed by atoms with Gasteiger partial charge in [0.2, 0.25) is 0 Å². The molecule has 0 heterocycles. The average molecular weight is 236 g/mol. The van der Waals surface area contributed by atoms with E-state index >= 15 is 0 Å². The predicted molar refractivity (Wildman–Crippen MR) is 68.0 cm³/mol. The van der Waals surface area contributed by atoms with Crippen LogP contribution in [0.4, 0.5) is 0 Å². The molecule has 1 aromatic carbocycles. The number of halogens is 1. The van der Waals surface area contributed by atoms with Crippen LogP contribution in [0.3, 0.4) is 0 Å². The summed E-state index contributed by atoms with van der Waals surface area (Å²) >= 11 is 6.16. The second-order valence-corrected chi connectivity index (χ2v) is 5.68. The third-order valence-corrected chi connectivity index (χ3v) is 4.77. The van der Waals surface area contributed by atoms with Crippen LogP contribution < -0.4 is 5.32 Å². The van der Waals surface area contributed by atoms with Crippen LogP contribution in [0.1, 0.15) is 49.3 Å². The van der Waals surface area contributed by atoms with E-state index in [1.54, 1.807) is 0 Å². The van der Waals surface area contributed by atoms with Crippen molar-refractivity contribution in [2.24, 2.45) is 0 Å². The summed E-state index contributed by atoms with van der Waals surface area (Å²) in [6.45, 7) is 0. The molecule has 1 saturated carbocycles. The minimum atomic E-state index is 0.480. The van der Waals surface area contributed by atoms with Crippen LogP contribution in [0.5, 0.6) is 0 Å². The Balaban J connectivity index is 2.10. The second kappa shape index (κ2) is 3.75. The number of hydrogen-bond acceptors (Lipinski definition) is 1. The Morgan fingerprint density at radius 3 is 2.75 bits per heavy atom. The fourth-order valence-electron chi connectivity index (χ4n) is 3.43. The predicted octanol–water partition coefficient (Wildman–Crippen LogP) is 3.82. The molecule has 1 fully saturated rings. The summed E-state index contributed by atoms with van der Waals surface area (Å²) in [4.78, 5) is 0. The summed E-state index contributed by atoms with van der Waals surface area (Å²) < 4.78 is 0. The van der Waals surface area contributed by atoms with Crippen LogP contribution in [0.25, 0.3) is 0 Å². The van der Waals surface area contributed by atoms with E-state index in [0.29, 0.717) is 11.5 Å². The quantitative estimate of drug-likeness (QED) is 0.781. The summed E-state index contributed by atoms with van der Waals surface area (Å²) in [6.07, 6.45) is 6.70. The summed E-state index contributed by atoms with van der Waals surface area (Å²) in [6, 6.07) is 6.98. The summed E-state index contributed by atoms with van der Waals surface area (Å²) in [5.74, 6) is 0. The van der Waals surface area contributed by atoms with Gasteiger partial charge in [0.15, 0.2) is 0 Å². The minimum Gasteiger partial charge on any atom is -0.313 e. The molecular weight excluding hydrogens is 218 g/mol. The zero-order valence-corrected chi connectivity index (χ0v) is 10.5. The molecule has 0 aliphatic heterocycles. The molecule has 2 heteroatoms. The SMILES string of the molecule is CNC1CCC2(CCC2)c2cc(Cl)ccc21. The largest absolute Gasteiger partial charge is 0.313 e. The molecule has 0 bridgehead atoms. The molecule has 0 aromatic heterocycles.